The third-order valence-corrected chi connectivity index (χ3v) is 4.54. The normalized spacial score (nSPS) is 16.2. The number of hydrogen-bond donors (Lipinski definition) is 2. The summed E-state index contributed by atoms with van der Waals surface area (Å²) in [6.45, 7) is 9.57. The van der Waals surface area contributed by atoms with Crippen LogP contribution in [0.1, 0.15) is 39.2 Å². The number of piperidine rings is 1. The zero-order valence-corrected chi connectivity index (χ0v) is 16.3. The van der Waals surface area contributed by atoms with E-state index in [0.29, 0.717) is 17.4 Å². The van der Waals surface area contributed by atoms with Gasteiger partial charge in [0.25, 0.3) is 0 Å². The predicted molar refractivity (Wildman–Crippen MR) is 104 cm³/mol. The number of aryl methyl sites for hydroxylation is 1. The maximum absolute atomic E-state index is 12.1. The summed E-state index contributed by atoms with van der Waals surface area (Å²) in [5.74, 6) is 0. The Bertz CT molecular complexity index is 615. The minimum atomic E-state index is -0.541. The summed E-state index contributed by atoms with van der Waals surface area (Å²) in [6.07, 6.45) is 1.78. The smallest absolute Gasteiger partial charge is 0.412 e. The summed E-state index contributed by atoms with van der Waals surface area (Å²) >= 11 is 0. The van der Waals surface area contributed by atoms with E-state index in [1.165, 1.54) is 0 Å². The second-order valence-corrected chi connectivity index (χ2v) is 8.03. The summed E-state index contributed by atoms with van der Waals surface area (Å²) in [7, 11) is 4.27. The van der Waals surface area contributed by atoms with Gasteiger partial charge in [-0.1, -0.05) is 0 Å². The van der Waals surface area contributed by atoms with Crippen LogP contribution in [-0.4, -0.2) is 49.8 Å². The first-order valence-corrected chi connectivity index (χ1v) is 8.88. The number of nitrogen functional groups attached to an aromatic ring is 1. The van der Waals surface area contributed by atoms with E-state index in [2.05, 4.69) is 36.1 Å². The van der Waals surface area contributed by atoms with Crippen molar-refractivity contribution < 1.29 is 9.53 Å². The van der Waals surface area contributed by atoms with Gasteiger partial charge >= 0.3 is 6.09 Å². The Morgan fingerprint density at radius 2 is 1.88 bits per heavy atom. The van der Waals surface area contributed by atoms with Gasteiger partial charge < -0.3 is 20.3 Å². The zero-order chi connectivity index (χ0) is 18.8. The molecule has 0 aliphatic carbocycles. The SMILES string of the molecule is Cc1cc(N)c(NC(=O)OC(C)(C)C)cc1N1CCC(N(C)C)CC1. The summed E-state index contributed by atoms with van der Waals surface area (Å²) < 4.78 is 5.33. The first-order valence-electron chi connectivity index (χ1n) is 8.88. The molecule has 1 amide bonds. The Morgan fingerprint density at radius 3 is 2.40 bits per heavy atom. The average molecular weight is 348 g/mol. The lowest BCUT2D eigenvalue weighted by atomic mass is 10.0. The highest BCUT2D eigenvalue weighted by Crippen LogP contribution is 2.32. The quantitative estimate of drug-likeness (QED) is 0.819. The Kier molecular flexibility index (Phi) is 5.83. The molecule has 6 heteroatoms. The Morgan fingerprint density at radius 1 is 1.28 bits per heavy atom. The number of carbonyl (C=O) groups is 1. The van der Waals surface area contributed by atoms with Crippen LogP contribution in [-0.2, 0) is 4.74 Å². The molecule has 0 aromatic heterocycles. The van der Waals surface area contributed by atoms with E-state index in [1.54, 1.807) is 0 Å². The van der Waals surface area contributed by atoms with E-state index in [9.17, 15) is 4.79 Å². The standard InChI is InChI=1S/C19H32N4O2/c1-13-11-15(20)16(21-18(24)25-19(2,3)4)12-17(13)23-9-7-14(8-10-23)22(5)6/h11-12,14H,7-10,20H2,1-6H3,(H,21,24). The highest BCUT2D eigenvalue weighted by Gasteiger charge is 2.23. The van der Waals surface area contributed by atoms with Crippen molar-refractivity contribution in [2.24, 2.45) is 0 Å². The lowest BCUT2D eigenvalue weighted by Gasteiger charge is -2.37. The molecule has 0 unspecified atom stereocenters. The maximum Gasteiger partial charge on any atom is 0.412 e. The van der Waals surface area contributed by atoms with Gasteiger partial charge in [0.15, 0.2) is 0 Å². The van der Waals surface area contributed by atoms with Gasteiger partial charge in [0.1, 0.15) is 5.60 Å². The predicted octanol–water partition coefficient (Wildman–Crippen LogP) is 3.45. The van der Waals surface area contributed by atoms with Crippen molar-refractivity contribution in [1.82, 2.24) is 4.90 Å². The van der Waals surface area contributed by atoms with Gasteiger partial charge in [0, 0.05) is 24.8 Å². The number of nitrogens with zero attached hydrogens (tertiary/aromatic N) is 2. The first-order chi connectivity index (χ1) is 11.6. The van der Waals surface area contributed by atoms with Crippen molar-refractivity contribution in [1.29, 1.82) is 0 Å². The molecule has 1 aromatic carbocycles. The highest BCUT2D eigenvalue weighted by atomic mass is 16.6. The van der Waals surface area contributed by atoms with E-state index in [1.807, 2.05) is 32.9 Å². The molecule has 1 fully saturated rings. The van der Waals surface area contributed by atoms with E-state index < -0.39 is 11.7 Å². The van der Waals surface area contributed by atoms with Crippen molar-refractivity contribution in [3.63, 3.8) is 0 Å². The third kappa shape index (κ3) is 5.26. The molecular weight excluding hydrogens is 316 g/mol. The molecule has 2 rings (SSSR count). The van der Waals surface area contributed by atoms with Crippen LogP contribution in [0.4, 0.5) is 21.9 Å². The molecule has 0 spiro atoms. The van der Waals surface area contributed by atoms with Crippen molar-refractivity contribution in [2.45, 2.75) is 52.2 Å². The van der Waals surface area contributed by atoms with Gasteiger partial charge in [-0.2, -0.15) is 0 Å². The largest absolute Gasteiger partial charge is 0.444 e. The molecule has 140 valence electrons. The molecule has 6 nitrogen and oxygen atoms in total. The van der Waals surface area contributed by atoms with Gasteiger partial charge in [-0.15, -0.1) is 0 Å². The fourth-order valence-electron chi connectivity index (χ4n) is 3.20. The maximum atomic E-state index is 12.1. The molecule has 25 heavy (non-hydrogen) atoms. The van der Waals surface area contributed by atoms with E-state index in [0.717, 1.165) is 37.2 Å². The van der Waals surface area contributed by atoms with E-state index in [-0.39, 0.29) is 0 Å². The van der Waals surface area contributed by atoms with Crippen LogP contribution in [0.3, 0.4) is 0 Å². The fraction of sp³-hybridized carbons (Fsp3) is 0.632. The summed E-state index contributed by atoms with van der Waals surface area (Å²) in [6, 6.07) is 4.51. The van der Waals surface area contributed by atoms with Crippen LogP contribution >= 0.6 is 0 Å². The lowest BCUT2D eigenvalue weighted by molar-refractivity contribution is 0.0636. The number of ether oxygens (including phenoxy) is 1. The zero-order valence-electron chi connectivity index (χ0n) is 16.3. The molecule has 1 aliphatic rings. The Hall–Kier alpha value is -1.95. The number of nitrogens with two attached hydrogens (primary N) is 1. The van der Waals surface area contributed by atoms with Crippen LogP contribution in [0.15, 0.2) is 12.1 Å². The van der Waals surface area contributed by atoms with Gasteiger partial charge in [0.05, 0.1) is 11.4 Å². The van der Waals surface area contributed by atoms with Gasteiger partial charge in [-0.25, -0.2) is 4.79 Å². The van der Waals surface area contributed by atoms with Crippen LogP contribution in [0.25, 0.3) is 0 Å². The topological polar surface area (TPSA) is 70.8 Å². The van der Waals surface area contributed by atoms with Gasteiger partial charge in [-0.3, -0.25) is 5.32 Å². The molecule has 1 aromatic rings. The Balaban J connectivity index is 2.14. The number of benzene rings is 1. The number of hydrogen-bond acceptors (Lipinski definition) is 5. The molecular formula is C19H32N4O2. The van der Waals surface area contributed by atoms with Crippen LogP contribution in [0, 0.1) is 6.92 Å². The van der Waals surface area contributed by atoms with E-state index in [4.69, 9.17) is 10.5 Å². The highest BCUT2D eigenvalue weighted by molar-refractivity contribution is 5.91. The molecule has 0 bridgehead atoms. The summed E-state index contributed by atoms with van der Waals surface area (Å²) in [5.41, 5.74) is 8.95. The monoisotopic (exact) mass is 348 g/mol. The second-order valence-electron chi connectivity index (χ2n) is 8.03. The molecule has 3 N–H and O–H groups in total. The molecule has 0 atom stereocenters. The molecule has 1 heterocycles. The van der Waals surface area contributed by atoms with Crippen molar-refractivity contribution in [3.8, 4) is 0 Å². The second kappa shape index (κ2) is 7.52. The van der Waals surface area contributed by atoms with E-state index >= 15 is 0 Å². The fourth-order valence-corrected chi connectivity index (χ4v) is 3.20. The van der Waals surface area contributed by atoms with Crippen molar-refractivity contribution in [2.75, 3.05) is 43.1 Å². The van der Waals surface area contributed by atoms with Crippen LogP contribution in [0.2, 0.25) is 0 Å². The minimum absolute atomic E-state index is 0.486. The lowest BCUT2D eigenvalue weighted by Crippen LogP contribution is -2.42. The number of carbonyl (C=O) groups excluding carboxylic acids is 1. The van der Waals surface area contributed by atoms with Crippen LogP contribution < -0.4 is 16.0 Å². The first kappa shape index (κ1) is 19.4. The van der Waals surface area contributed by atoms with Crippen molar-refractivity contribution in [3.05, 3.63) is 17.7 Å². The number of nitrogens with one attached hydrogen (secondary N) is 1. The van der Waals surface area contributed by atoms with Gasteiger partial charge in [0.2, 0.25) is 0 Å². The molecule has 1 saturated heterocycles. The third-order valence-electron chi connectivity index (χ3n) is 4.54. The molecule has 0 radical (unpaired) electrons. The minimum Gasteiger partial charge on any atom is -0.444 e. The summed E-state index contributed by atoms with van der Waals surface area (Å²) in [4.78, 5) is 16.7. The van der Waals surface area contributed by atoms with Gasteiger partial charge in [-0.05, 0) is 72.3 Å². The number of amides is 1. The number of anilines is 3. The summed E-state index contributed by atoms with van der Waals surface area (Å²) in [5, 5.41) is 2.78. The average Bonchev–Trinajstić information content (AvgIpc) is 2.48. The number of rotatable bonds is 3. The van der Waals surface area contributed by atoms with Crippen molar-refractivity contribution >= 4 is 23.2 Å². The Labute approximate surface area is 151 Å². The molecule has 0 saturated carbocycles. The van der Waals surface area contributed by atoms with Crippen LogP contribution in [0.5, 0.6) is 0 Å². The molecule has 1 aliphatic heterocycles.